The number of fused-ring (bicyclic) bond motifs is 1. The number of hydrogen-bond donors (Lipinski definition) is 0. The van der Waals surface area contributed by atoms with Crippen LogP contribution in [-0.2, 0) is 19.6 Å². The third-order valence-electron chi connectivity index (χ3n) is 4.01. The van der Waals surface area contributed by atoms with Gasteiger partial charge in [0.15, 0.2) is 11.5 Å². The number of carbonyl (C=O) groups is 1. The molecule has 0 saturated carbocycles. The highest BCUT2D eigenvalue weighted by molar-refractivity contribution is 7.92. The minimum Gasteiger partial charge on any atom is -0.486 e. The molecule has 0 unspecified atom stereocenters. The van der Waals surface area contributed by atoms with Crippen LogP contribution in [0.2, 0.25) is 0 Å². The molecule has 2 aromatic rings. The van der Waals surface area contributed by atoms with Gasteiger partial charge in [-0.1, -0.05) is 6.07 Å². The van der Waals surface area contributed by atoms with Crippen molar-refractivity contribution >= 4 is 27.4 Å². The molecule has 154 valence electrons. The second kappa shape index (κ2) is 8.35. The Labute approximate surface area is 166 Å². The van der Waals surface area contributed by atoms with E-state index in [-0.39, 0.29) is 22.9 Å². The van der Waals surface area contributed by atoms with Crippen molar-refractivity contribution < 1.29 is 32.3 Å². The fraction of sp³-hybridized carbons (Fsp3) is 0.278. The first-order chi connectivity index (χ1) is 13.8. The first-order valence-corrected chi connectivity index (χ1v) is 10.1. The molecule has 11 heteroatoms. The summed E-state index contributed by atoms with van der Waals surface area (Å²) in [6, 6.07) is 9.02. The molecule has 0 spiro atoms. The zero-order chi connectivity index (χ0) is 21.0. The van der Waals surface area contributed by atoms with E-state index in [1.165, 1.54) is 36.4 Å². The van der Waals surface area contributed by atoms with Gasteiger partial charge in [-0.3, -0.25) is 19.2 Å². The summed E-state index contributed by atoms with van der Waals surface area (Å²) in [7, 11) is -4.32. The van der Waals surface area contributed by atoms with Crippen LogP contribution in [0.5, 0.6) is 11.5 Å². The highest BCUT2D eigenvalue weighted by Gasteiger charge is 2.30. The highest BCUT2D eigenvalue weighted by Crippen LogP contribution is 2.36. The molecule has 1 heterocycles. The molecule has 3 rings (SSSR count). The highest BCUT2D eigenvalue weighted by atomic mass is 32.2. The van der Waals surface area contributed by atoms with Crippen LogP contribution in [0.15, 0.2) is 47.4 Å². The summed E-state index contributed by atoms with van der Waals surface area (Å²) < 4.78 is 43.1. The summed E-state index contributed by atoms with van der Waals surface area (Å²) in [6.07, 6.45) is 0. The maximum atomic E-state index is 13.2. The van der Waals surface area contributed by atoms with Crippen molar-refractivity contribution in [3.05, 3.63) is 52.6 Å². The topological polar surface area (TPSA) is 125 Å². The minimum absolute atomic E-state index is 0.0741. The molecule has 10 nitrogen and oxygen atoms in total. The first kappa shape index (κ1) is 20.4. The summed E-state index contributed by atoms with van der Waals surface area (Å²) in [5, 5.41) is 11.0. The van der Waals surface area contributed by atoms with Gasteiger partial charge in [0.25, 0.3) is 15.7 Å². The van der Waals surface area contributed by atoms with E-state index in [4.69, 9.17) is 14.2 Å². The van der Waals surface area contributed by atoms with Gasteiger partial charge in [-0.05, 0) is 25.1 Å². The summed E-state index contributed by atoms with van der Waals surface area (Å²) in [6.45, 7) is 1.72. The summed E-state index contributed by atoms with van der Waals surface area (Å²) in [5.41, 5.74) is -0.252. The predicted octanol–water partition coefficient (Wildman–Crippen LogP) is 2.12. The molecule has 0 N–H and O–H groups in total. The number of rotatable bonds is 7. The molecular formula is C18H18N2O8S. The zero-order valence-electron chi connectivity index (χ0n) is 15.4. The molecule has 0 aromatic heterocycles. The third kappa shape index (κ3) is 4.40. The second-order valence-electron chi connectivity index (χ2n) is 5.90. The normalized spacial score (nSPS) is 12.9. The Hall–Kier alpha value is -3.34. The number of sulfonamides is 1. The van der Waals surface area contributed by atoms with Crippen molar-refractivity contribution in [3.8, 4) is 11.5 Å². The quantitative estimate of drug-likeness (QED) is 0.377. The van der Waals surface area contributed by atoms with E-state index >= 15 is 0 Å². The lowest BCUT2D eigenvalue weighted by molar-refractivity contribution is -0.385. The van der Waals surface area contributed by atoms with E-state index in [1.54, 1.807) is 6.92 Å². The number of non-ortho nitro benzene ring substituents is 1. The van der Waals surface area contributed by atoms with E-state index in [2.05, 4.69) is 0 Å². The molecule has 2 aromatic carbocycles. The van der Waals surface area contributed by atoms with Crippen molar-refractivity contribution in [1.82, 2.24) is 0 Å². The Kier molecular flexibility index (Phi) is 5.87. The van der Waals surface area contributed by atoms with Gasteiger partial charge in [-0.25, -0.2) is 8.42 Å². The van der Waals surface area contributed by atoms with Crippen molar-refractivity contribution in [3.63, 3.8) is 0 Å². The molecule has 1 aliphatic rings. The molecule has 0 radical (unpaired) electrons. The van der Waals surface area contributed by atoms with Crippen LogP contribution in [-0.4, -0.2) is 45.7 Å². The lowest BCUT2D eigenvalue weighted by Gasteiger charge is -2.25. The van der Waals surface area contributed by atoms with Gasteiger partial charge in [-0.2, -0.15) is 0 Å². The first-order valence-electron chi connectivity index (χ1n) is 8.65. The van der Waals surface area contributed by atoms with Gasteiger partial charge in [0.05, 0.1) is 22.1 Å². The van der Waals surface area contributed by atoms with E-state index < -0.39 is 27.5 Å². The SMILES string of the molecule is CCOC(=O)CN(c1ccc2c(c1)OCCO2)S(=O)(=O)c1cccc([N+](=O)[O-])c1. The molecule has 0 aliphatic carbocycles. The monoisotopic (exact) mass is 422 g/mol. The van der Waals surface area contributed by atoms with Crippen LogP contribution in [0, 0.1) is 10.1 Å². The van der Waals surface area contributed by atoms with Crippen molar-refractivity contribution in [2.45, 2.75) is 11.8 Å². The minimum atomic E-state index is -4.32. The largest absolute Gasteiger partial charge is 0.486 e. The van der Waals surface area contributed by atoms with E-state index in [0.717, 1.165) is 10.4 Å². The average molecular weight is 422 g/mol. The van der Waals surface area contributed by atoms with Gasteiger partial charge in [-0.15, -0.1) is 0 Å². The van der Waals surface area contributed by atoms with Crippen LogP contribution in [0.3, 0.4) is 0 Å². The number of nitro benzene ring substituents is 1. The molecule has 29 heavy (non-hydrogen) atoms. The van der Waals surface area contributed by atoms with Gasteiger partial charge in [0.1, 0.15) is 19.8 Å². The average Bonchev–Trinajstić information content (AvgIpc) is 2.72. The van der Waals surface area contributed by atoms with Crippen molar-refractivity contribution in [2.24, 2.45) is 0 Å². The third-order valence-corrected chi connectivity index (χ3v) is 5.78. The lowest BCUT2D eigenvalue weighted by atomic mass is 10.2. The zero-order valence-corrected chi connectivity index (χ0v) is 16.3. The van der Waals surface area contributed by atoms with Crippen LogP contribution < -0.4 is 13.8 Å². The van der Waals surface area contributed by atoms with E-state index in [9.17, 15) is 23.3 Å². The smallest absolute Gasteiger partial charge is 0.326 e. The van der Waals surface area contributed by atoms with Crippen molar-refractivity contribution in [2.75, 3.05) is 30.7 Å². The molecule has 0 fully saturated rings. The van der Waals surface area contributed by atoms with E-state index in [1.807, 2.05) is 0 Å². The molecular weight excluding hydrogens is 404 g/mol. The summed E-state index contributed by atoms with van der Waals surface area (Å²) in [4.78, 5) is 22.1. The predicted molar refractivity (Wildman–Crippen MR) is 102 cm³/mol. The van der Waals surface area contributed by atoms with Gasteiger partial charge in [0, 0.05) is 18.2 Å². The number of anilines is 1. The van der Waals surface area contributed by atoms with E-state index in [0.29, 0.717) is 24.7 Å². The molecule has 0 amide bonds. The number of nitrogens with zero attached hydrogens (tertiary/aromatic N) is 2. The van der Waals surface area contributed by atoms with Gasteiger partial charge in [0.2, 0.25) is 0 Å². The summed E-state index contributed by atoms with van der Waals surface area (Å²) >= 11 is 0. The summed E-state index contributed by atoms with van der Waals surface area (Å²) in [5.74, 6) is 0.0112. The fourth-order valence-corrected chi connectivity index (χ4v) is 4.15. The number of hydrogen-bond acceptors (Lipinski definition) is 8. The molecule has 0 saturated heterocycles. The number of esters is 1. The number of nitro groups is 1. The Morgan fingerprint density at radius 2 is 1.90 bits per heavy atom. The molecule has 0 atom stereocenters. The maximum Gasteiger partial charge on any atom is 0.326 e. The molecule has 0 bridgehead atoms. The Balaban J connectivity index is 2.06. The van der Waals surface area contributed by atoms with Crippen LogP contribution in [0.25, 0.3) is 0 Å². The van der Waals surface area contributed by atoms with Gasteiger partial charge < -0.3 is 14.2 Å². The maximum absolute atomic E-state index is 13.2. The lowest BCUT2D eigenvalue weighted by Crippen LogP contribution is -2.36. The van der Waals surface area contributed by atoms with Gasteiger partial charge >= 0.3 is 5.97 Å². The fourth-order valence-electron chi connectivity index (χ4n) is 2.71. The molecule has 1 aliphatic heterocycles. The standard InChI is InChI=1S/C18H18N2O8S/c1-2-26-18(21)12-19(13-6-7-16-17(11-13)28-9-8-27-16)29(24,25)15-5-3-4-14(10-15)20(22)23/h3-7,10-11H,2,8-9,12H2,1H3. The van der Waals surface area contributed by atoms with Crippen LogP contribution in [0.4, 0.5) is 11.4 Å². The number of benzene rings is 2. The number of ether oxygens (including phenoxy) is 3. The Morgan fingerprint density at radius 1 is 1.17 bits per heavy atom. The Morgan fingerprint density at radius 3 is 2.59 bits per heavy atom. The van der Waals surface area contributed by atoms with Crippen molar-refractivity contribution in [1.29, 1.82) is 0 Å². The number of carbonyl (C=O) groups excluding carboxylic acids is 1. The Bertz CT molecular complexity index is 1040. The second-order valence-corrected chi connectivity index (χ2v) is 7.76. The van der Waals surface area contributed by atoms with Crippen LogP contribution >= 0.6 is 0 Å². The van der Waals surface area contributed by atoms with Crippen LogP contribution in [0.1, 0.15) is 6.92 Å².